The molecule has 1 fully saturated rings. The number of aromatic nitrogens is 1. The van der Waals surface area contributed by atoms with Crippen molar-refractivity contribution < 1.29 is 32.7 Å². The molecule has 224 valence electrons. The van der Waals surface area contributed by atoms with Gasteiger partial charge in [-0.2, -0.15) is 0 Å². The van der Waals surface area contributed by atoms with Crippen molar-refractivity contribution in [1.82, 2.24) is 9.88 Å². The number of halogens is 1. The van der Waals surface area contributed by atoms with Crippen LogP contribution >= 0.6 is 0 Å². The number of benzene rings is 2. The zero-order chi connectivity index (χ0) is 30.7. The van der Waals surface area contributed by atoms with Gasteiger partial charge < -0.3 is 23.7 Å². The molecule has 4 rings (SSSR count). The fourth-order valence-electron chi connectivity index (χ4n) is 4.30. The van der Waals surface area contributed by atoms with Crippen molar-refractivity contribution in [2.45, 2.75) is 59.2 Å². The second kappa shape index (κ2) is 12.2. The molecule has 3 aromatic rings. The molecule has 1 N–H and O–H groups in total. The molecule has 42 heavy (non-hydrogen) atoms. The Labute approximate surface area is 244 Å². The maximum Gasteiger partial charge on any atom is 0.412 e. The maximum atomic E-state index is 13.5. The van der Waals surface area contributed by atoms with Crippen molar-refractivity contribution in [3.63, 3.8) is 0 Å². The van der Waals surface area contributed by atoms with Gasteiger partial charge in [0.05, 0.1) is 6.20 Å². The van der Waals surface area contributed by atoms with Gasteiger partial charge >= 0.3 is 12.2 Å². The van der Waals surface area contributed by atoms with Crippen LogP contribution < -0.4 is 10.2 Å². The Balaban J connectivity index is 1.48. The van der Waals surface area contributed by atoms with Crippen molar-refractivity contribution in [1.29, 1.82) is 0 Å². The maximum absolute atomic E-state index is 13.5. The first-order valence-electron chi connectivity index (χ1n) is 13.8. The van der Waals surface area contributed by atoms with Crippen LogP contribution in [0.3, 0.4) is 0 Å². The van der Waals surface area contributed by atoms with Crippen molar-refractivity contribution >= 4 is 29.7 Å². The molecule has 0 bridgehead atoms. The molecule has 10 nitrogen and oxygen atoms in total. The smallest absolute Gasteiger partial charge is 0.412 e. The Morgan fingerprint density at radius 2 is 1.52 bits per heavy atom. The zero-order valence-electron chi connectivity index (χ0n) is 24.8. The standard InChI is InChI=1S/C31H37FN4O6/c1-30(2,3)41-28(38)34-24-12-9-21(20-7-10-23(32)11-8-20)17-22(24)18-25(37)26-19-33-27(40-26)35-13-15-36(16-14-35)29(39)42-31(4,5)6/h7-12,17,19H,13-16,18H2,1-6H3,(H,34,38). The minimum Gasteiger partial charge on any atom is -0.444 e. The number of anilines is 2. The summed E-state index contributed by atoms with van der Waals surface area (Å²) in [4.78, 5) is 46.0. The number of ether oxygens (including phenoxy) is 2. The lowest BCUT2D eigenvalue weighted by atomic mass is 9.98. The molecule has 0 atom stereocenters. The Hall–Kier alpha value is -4.41. The van der Waals surface area contributed by atoms with Crippen LogP contribution in [0.25, 0.3) is 11.1 Å². The first-order chi connectivity index (χ1) is 19.7. The zero-order valence-corrected chi connectivity index (χ0v) is 24.8. The topological polar surface area (TPSA) is 114 Å². The molecule has 2 amide bonds. The molecule has 0 unspecified atom stereocenters. The van der Waals surface area contributed by atoms with Crippen LogP contribution in [0.1, 0.15) is 57.7 Å². The molecule has 1 aliphatic rings. The van der Waals surface area contributed by atoms with E-state index < -0.39 is 17.3 Å². The number of hydrogen-bond donors (Lipinski definition) is 1. The highest BCUT2D eigenvalue weighted by molar-refractivity contribution is 5.97. The fourth-order valence-corrected chi connectivity index (χ4v) is 4.30. The summed E-state index contributed by atoms with van der Waals surface area (Å²) in [6.07, 6.45) is 0.256. The summed E-state index contributed by atoms with van der Waals surface area (Å²) in [5, 5.41) is 2.73. The minimum atomic E-state index is -0.706. The number of hydrogen-bond acceptors (Lipinski definition) is 8. The molecular weight excluding hydrogens is 543 g/mol. The summed E-state index contributed by atoms with van der Waals surface area (Å²) < 4.78 is 30.1. The molecule has 0 saturated carbocycles. The molecule has 2 heterocycles. The van der Waals surface area contributed by atoms with Crippen LogP contribution in [0, 0.1) is 5.82 Å². The van der Waals surface area contributed by atoms with Gasteiger partial charge in [0.25, 0.3) is 6.01 Å². The van der Waals surface area contributed by atoms with Crippen molar-refractivity contribution in [3.8, 4) is 11.1 Å². The van der Waals surface area contributed by atoms with Gasteiger partial charge in [-0.1, -0.05) is 18.2 Å². The second-order valence-corrected chi connectivity index (χ2v) is 12.1. The summed E-state index contributed by atoms with van der Waals surface area (Å²) in [5.41, 5.74) is 1.14. The second-order valence-electron chi connectivity index (χ2n) is 12.1. The van der Waals surface area contributed by atoms with E-state index in [9.17, 15) is 18.8 Å². The van der Waals surface area contributed by atoms with E-state index in [1.165, 1.54) is 18.3 Å². The molecule has 2 aromatic carbocycles. The van der Waals surface area contributed by atoms with Crippen LogP contribution in [0.2, 0.25) is 0 Å². The van der Waals surface area contributed by atoms with Crippen molar-refractivity contribution in [2.24, 2.45) is 0 Å². The highest BCUT2D eigenvalue weighted by Crippen LogP contribution is 2.28. The quantitative estimate of drug-likeness (QED) is 0.338. The lowest BCUT2D eigenvalue weighted by molar-refractivity contribution is 0.0238. The van der Waals surface area contributed by atoms with E-state index in [4.69, 9.17) is 13.9 Å². The fraction of sp³-hybridized carbons (Fsp3) is 0.419. The van der Waals surface area contributed by atoms with Crippen LogP contribution in [0.5, 0.6) is 0 Å². The van der Waals surface area contributed by atoms with Gasteiger partial charge in [-0.15, -0.1) is 0 Å². The Morgan fingerprint density at radius 3 is 2.14 bits per heavy atom. The van der Waals surface area contributed by atoms with Gasteiger partial charge in [0.2, 0.25) is 5.78 Å². The predicted molar refractivity (Wildman–Crippen MR) is 156 cm³/mol. The van der Waals surface area contributed by atoms with E-state index in [-0.39, 0.29) is 35.9 Å². The van der Waals surface area contributed by atoms with Gasteiger partial charge in [-0.3, -0.25) is 10.1 Å². The van der Waals surface area contributed by atoms with Crippen molar-refractivity contribution in [2.75, 3.05) is 36.4 Å². The normalized spacial score (nSPS) is 14.0. The Kier molecular flexibility index (Phi) is 8.89. The summed E-state index contributed by atoms with van der Waals surface area (Å²) in [6.45, 7) is 12.5. The number of nitrogens with zero attached hydrogens (tertiary/aromatic N) is 3. The van der Waals surface area contributed by atoms with E-state index in [0.29, 0.717) is 37.4 Å². The summed E-state index contributed by atoms with van der Waals surface area (Å²) in [7, 11) is 0. The molecule has 0 radical (unpaired) electrons. The van der Waals surface area contributed by atoms with Crippen LogP contribution in [0.4, 0.5) is 25.7 Å². The van der Waals surface area contributed by atoms with E-state index in [2.05, 4.69) is 10.3 Å². The number of rotatable bonds is 6. The average Bonchev–Trinajstić information content (AvgIpc) is 3.39. The van der Waals surface area contributed by atoms with E-state index in [1.54, 1.807) is 56.0 Å². The molecule has 11 heteroatoms. The number of ketones is 1. The highest BCUT2D eigenvalue weighted by Gasteiger charge is 2.28. The largest absolute Gasteiger partial charge is 0.444 e. The first kappa shape index (κ1) is 30.5. The van der Waals surface area contributed by atoms with Crippen LogP contribution in [0.15, 0.2) is 53.1 Å². The van der Waals surface area contributed by atoms with E-state index in [0.717, 1.165) is 11.1 Å². The monoisotopic (exact) mass is 580 g/mol. The number of Topliss-reactive ketones (excluding diaryl/α,β-unsaturated/α-hetero) is 1. The van der Waals surface area contributed by atoms with Crippen molar-refractivity contribution in [3.05, 3.63) is 65.8 Å². The first-order valence-corrected chi connectivity index (χ1v) is 13.8. The van der Waals surface area contributed by atoms with Gasteiger partial charge in [0.15, 0.2) is 5.76 Å². The third-order valence-electron chi connectivity index (χ3n) is 6.24. The molecule has 1 saturated heterocycles. The molecule has 0 spiro atoms. The summed E-state index contributed by atoms with van der Waals surface area (Å²) >= 11 is 0. The SMILES string of the molecule is CC(C)(C)OC(=O)Nc1ccc(-c2ccc(F)cc2)cc1CC(=O)c1cnc(N2CCN(C(=O)OC(C)(C)C)CC2)o1. The molecule has 1 aromatic heterocycles. The summed E-state index contributed by atoms with van der Waals surface area (Å²) in [6, 6.07) is 11.5. The number of piperazine rings is 1. The molecule has 1 aliphatic heterocycles. The Bertz CT molecular complexity index is 1430. The lowest BCUT2D eigenvalue weighted by Gasteiger charge is -2.34. The highest BCUT2D eigenvalue weighted by atomic mass is 19.1. The minimum absolute atomic E-state index is 0.0648. The van der Waals surface area contributed by atoms with Gasteiger partial charge in [0.1, 0.15) is 17.0 Å². The number of oxazole rings is 1. The summed E-state index contributed by atoms with van der Waals surface area (Å²) in [5.74, 6) is -0.635. The predicted octanol–water partition coefficient (Wildman–Crippen LogP) is 6.31. The Morgan fingerprint density at radius 1 is 0.905 bits per heavy atom. The molecule has 0 aliphatic carbocycles. The van der Waals surface area contributed by atoms with Gasteiger partial charge in [-0.05, 0) is 82.5 Å². The van der Waals surface area contributed by atoms with Gasteiger partial charge in [-0.25, -0.2) is 19.0 Å². The average molecular weight is 581 g/mol. The third-order valence-corrected chi connectivity index (χ3v) is 6.24. The third kappa shape index (κ3) is 8.31. The van der Waals surface area contributed by atoms with E-state index in [1.807, 2.05) is 25.7 Å². The number of amides is 2. The molecular formula is C31H37FN4O6. The number of nitrogens with one attached hydrogen (secondary N) is 1. The number of carbonyl (C=O) groups is 3. The van der Waals surface area contributed by atoms with E-state index >= 15 is 0 Å². The lowest BCUT2D eigenvalue weighted by Crippen LogP contribution is -2.50. The number of carbonyl (C=O) groups excluding carboxylic acids is 3. The van der Waals surface area contributed by atoms with Crippen LogP contribution in [-0.4, -0.2) is 65.2 Å². The van der Waals surface area contributed by atoms with Gasteiger partial charge in [0, 0.05) is 38.3 Å². The van der Waals surface area contributed by atoms with Crippen LogP contribution in [-0.2, 0) is 15.9 Å².